The first-order valence-electron chi connectivity index (χ1n) is 7.52. The van der Waals surface area contributed by atoms with Crippen LogP contribution in [-0.2, 0) is 4.79 Å². The molecule has 1 aromatic heterocycles. The molecule has 6 nitrogen and oxygen atoms in total. The van der Waals surface area contributed by atoms with E-state index in [4.69, 9.17) is 4.52 Å². The molecule has 6 heteroatoms. The molecule has 0 saturated carbocycles. The molecular formula is C16H22N4O2. The summed E-state index contributed by atoms with van der Waals surface area (Å²) in [6.07, 6.45) is 0. The monoisotopic (exact) mass is 302 g/mol. The van der Waals surface area contributed by atoms with Gasteiger partial charge < -0.3 is 15.2 Å². The number of likely N-dealkylation sites (N-methyl/N-ethyl adjacent to an activating group) is 1. The van der Waals surface area contributed by atoms with Crippen molar-refractivity contribution in [3.63, 3.8) is 0 Å². The summed E-state index contributed by atoms with van der Waals surface area (Å²) in [6, 6.07) is 9.44. The molecule has 0 spiro atoms. The van der Waals surface area contributed by atoms with Gasteiger partial charge in [0.05, 0.1) is 12.0 Å². The molecule has 118 valence electrons. The van der Waals surface area contributed by atoms with Crippen LogP contribution in [0.25, 0.3) is 11.4 Å². The van der Waals surface area contributed by atoms with E-state index in [1.807, 2.05) is 51.1 Å². The lowest BCUT2D eigenvalue weighted by molar-refractivity contribution is -0.122. The van der Waals surface area contributed by atoms with E-state index in [0.29, 0.717) is 18.3 Å². The molecule has 0 radical (unpaired) electrons. The Hall–Kier alpha value is -2.21. The summed E-state index contributed by atoms with van der Waals surface area (Å²) in [7, 11) is 0. The third kappa shape index (κ3) is 4.14. The lowest BCUT2D eigenvalue weighted by atomic mass is 10.1. The Kier molecular flexibility index (Phi) is 5.66. The first kappa shape index (κ1) is 16.2. The van der Waals surface area contributed by atoms with E-state index in [9.17, 15) is 4.79 Å². The van der Waals surface area contributed by atoms with Gasteiger partial charge in [-0.3, -0.25) is 4.79 Å². The maximum absolute atomic E-state index is 11.9. The number of nitrogens with zero attached hydrogens (tertiary/aromatic N) is 2. The smallest absolute Gasteiger partial charge is 0.236 e. The Labute approximate surface area is 130 Å². The van der Waals surface area contributed by atoms with Crippen molar-refractivity contribution in [2.24, 2.45) is 0 Å². The van der Waals surface area contributed by atoms with Crippen LogP contribution in [0.3, 0.4) is 0 Å². The number of nitrogens with one attached hydrogen (secondary N) is 2. The zero-order chi connectivity index (χ0) is 15.9. The van der Waals surface area contributed by atoms with Gasteiger partial charge in [-0.2, -0.15) is 4.98 Å². The molecule has 2 aromatic rings. The van der Waals surface area contributed by atoms with Crippen LogP contribution in [-0.4, -0.2) is 35.2 Å². The van der Waals surface area contributed by atoms with Gasteiger partial charge in [0.15, 0.2) is 0 Å². The lowest BCUT2D eigenvalue weighted by Gasteiger charge is -2.14. The predicted octanol–water partition coefficient (Wildman–Crippen LogP) is 1.95. The molecule has 22 heavy (non-hydrogen) atoms. The van der Waals surface area contributed by atoms with Crippen LogP contribution in [0.4, 0.5) is 0 Å². The summed E-state index contributed by atoms with van der Waals surface area (Å²) < 4.78 is 5.29. The topological polar surface area (TPSA) is 80.0 Å². The fourth-order valence-corrected chi connectivity index (χ4v) is 2.03. The Balaban J connectivity index is 1.92. The number of benzene rings is 1. The van der Waals surface area contributed by atoms with Gasteiger partial charge >= 0.3 is 0 Å². The zero-order valence-corrected chi connectivity index (χ0v) is 13.2. The van der Waals surface area contributed by atoms with E-state index in [2.05, 4.69) is 20.8 Å². The summed E-state index contributed by atoms with van der Waals surface area (Å²) in [6.45, 7) is 6.97. The van der Waals surface area contributed by atoms with Gasteiger partial charge in [-0.05, 0) is 13.5 Å². The second-order valence-corrected chi connectivity index (χ2v) is 5.25. The molecule has 0 saturated heterocycles. The average Bonchev–Trinajstić information content (AvgIpc) is 3.03. The van der Waals surface area contributed by atoms with E-state index >= 15 is 0 Å². The number of hydrogen-bond donors (Lipinski definition) is 2. The van der Waals surface area contributed by atoms with Crippen LogP contribution in [0.2, 0.25) is 0 Å². The molecule has 2 rings (SSSR count). The van der Waals surface area contributed by atoms with E-state index < -0.39 is 0 Å². The third-order valence-electron chi connectivity index (χ3n) is 3.38. The summed E-state index contributed by atoms with van der Waals surface area (Å²) >= 11 is 0. The van der Waals surface area contributed by atoms with Gasteiger partial charge in [-0.1, -0.05) is 49.3 Å². The number of carbonyl (C=O) groups is 1. The van der Waals surface area contributed by atoms with Gasteiger partial charge in [0.25, 0.3) is 0 Å². The summed E-state index contributed by atoms with van der Waals surface area (Å²) in [4.78, 5) is 16.3. The number of hydrogen-bond acceptors (Lipinski definition) is 5. The molecule has 1 aromatic carbocycles. The molecule has 2 N–H and O–H groups in total. The zero-order valence-electron chi connectivity index (χ0n) is 13.2. The van der Waals surface area contributed by atoms with Gasteiger partial charge in [-0.25, -0.2) is 0 Å². The quantitative estimate of drug-likeness (QED) is 0.817. The van der Waals surface area contributed by atoms with Crippen LogP contribution in [0.1, 0.15) is 32.6 Å². The minimum atomic E-state index is -0.209. The predicted molar refractivity (Wildman–Crippen MR) is 84.3 cm³/mol. The number of rotatable bonds is 7. The van der Waals surface area contributed by atoms with Crippen molar-refractivity contribution in [2.45, 2.75) is 32.7 Å². The van der Waals surface area contributed by atoms with Crippen molar-refractivity contribution in [3.8, 4) is 11.4 Å². The van der Waals surface area contributed by atoms with E-state index in [1.54, 1.807) is 0 Å². The summed E-state index contributed by atoms with van der Waals surface area (Å²) in [5.41, 5.74) is 0.912. The molecule has 2 unspecified atom stereocenters. The van der Waals surface area contributed by atoms with Crippen molar-refractivity contribution in [2.75, 3.05) is 13.1 Å². The van der Waals surface area contributed by atoms with E-state index in [0.717, 1.165) is 12.1 Å². The van der Waals surface area contributed by atoms with Crippen LogP contribution in [0.5, 0.6) is 0 Å². The molecule has 1 amide bonds. The van der Waals surface area contributed by atoms with Crippen molar-refractivity contribution < 1.29 is 9.32 Å². The van der Waals surface area contributed by atoms with Gasteiger partial charge in [0.2, 0.25) is 17.6 Å². The molecule has 0 aliphatic carbocycles. The van der Waals surface area contributed by atoms with Crippen LogP contribution in [0.15, 0.2) is 34.9 Å². The molecule has 0 bridgehead atoms. The first-order valence-corrected chi connectivity index (χ1v) is 7.52. The van der Waals surface area contributed by atoms with Gasteiger partial charge in [0, 0.05) is 12.1 Å². The van der Waals surface area contributed by atoms with Gasteiger partial charge in [-0.15, -0.1) is 0 Å². The van der Waals surface area contributed by atoms with E-state index in [-0.39, 0.29) is 17.9 Å². The first-order chi connectivity index (χ1) is 10.6. The standard InChI is InChI=1S/C16H22N4O2/c1-4-17-12(3)15(21)18-10-11(2)16-19-14(20-22-16)13-8-6-5-7-9-13/h5-9,11-12,17H,4,10H2,1-3H3,(H,18,21). The minimum Gasteiger partial charge on any atom is -0.354 e. The highest BCUT2D eigenvalue weighted by Crippen LogP contribution is 2.18. The Morgan fingerprint density at radius 3 is 2.68 bits per heavy atom. The third-order valence-corrected chi connectivity index (χ3v) is 3.38. The average molecular weight is 302 g/mol. The number of amides is 1. The van der Waals surface area contributed by atoms with Crippen LogP contribution < -0.4 is 10.6 Å². The Morgan fingerprint density at radius 2 is 2.00 bits per heavy atom. The van der Waals surface area contributed by atoms with E-state index in [1.165, 1.54) is 0 Å². The van der Waals surface area contributed by atoms with Crippen LogP contribution in [0, 0.1) is 0 Å². The Bertz CT molecular complexity index is 597. The molecule has 0 aliphatic heterocycles. The van der Waals surface area contributed by atoms with Gasteiger partial charge in [0.1, 0.15) is 0 Å². The summed E-state index contributed by atoms with van der Waals surface area (Å²) in [5.74, 6) is 1.02. The lowest BCUT2D eigenvalue weighted by Crippen LogP contribution is -2.43. The largest absolute Gasteiger partial charge is 0.354 e. The maximum atomic E-state index is 11.9. The molecule has 2 atom stereocenters. The molecule has 0 aliphatic rings. The number of carbonyl (C=O) groups excluding carboxylic acids is 1. The van der Waals surface area contributed by atoms with Crippen molar-refractivity contribution in [1.82, 2.24) is 20.8 Å². The second kappa shape index (κ2) is 7.70. The van der Waals surface area contributed by atoms with Crippen molar-refractivity contribution in [1.29, 1.82) is 0 Å². The normalized spacial score (nSPS) is 13.6. The fraction of sp³-hybridized carbons (Fsp3) is 0.438. The highest BCUT2D eigenvalue weighted by Gasteiger charge is 2.17. The summed E-state index contributed by atoms with van der Waals surface area (Å²) in [5, 5.41) is 9.94. The Morgan fingerprint density at radius 1 is 1.27 bits per heavy atom. The number of aromatic nitrogens is 2. The SMILES string of the molecule is CCNC(C)C(=O)NCC(C)c1nc(-c2ccccc2)no1. The molecule has 1 heterocycles. The highest BCUT2D eigenvalue weighted by atomic mass is 16.5. The molecular weight excluding hydrogens is 280 g/mol. The van der Waals surface area contributed by atoms with Crippen molar-refractivity contribution in [3.05, 3.63) is 36.2 Å². The minimum absolute atomic E-state index is 0.0310. The van der Waals surface area contributed by atoms with Crippen molar-refractivity contribution >= 4 is 5.91 Å². The van der Waals surface area contributed by atoms with Crippen LogP contribution >= 0.6 is 0 Å². The fourth-order valence-electron chi connectivity index (χ4n) is 2.03. The maximum Gasteiger partial charge on any atom is 0.236 e. The highest BCUT2D eigenvalue weighted by molar-refractivity contribution is 5.81. The molecule has 0 fully saturated rings. The second-order valence-electron chi connectivity index (χ2n) is 5.25.